The van der Waals surface area contributed by atoms with Crippen molar-refractivity contribution >= 4 is 32.8 Å². The molecule has 0 amide bonds. The normalized spacial score (nSPS) is 13.6. The van der Waals surface area contributed by atoms with Crippen molar-refractivity contribution in [2.75, 3.05) is 13.7 Å². The lowest BCUT2D eigenvalue weighted by Crippen LogP contribution is -2.28. The van der Waals surface area contributed by atoms with Crippen molar-refractivity contribution in [3.8, 4) is 17.1 Å². The fourth-order valence-corrected chi connectivity index (χ4v) is 4.03. The highest BCUT2D eigenvalue weighted by Gasteiger charge is 2.49. The van der Waals surface area contributed by atoms with Gasteiger partial charge in [-0.05, 0) is 43.5 Å². The van der Waals surface area contributed by atoms with Gasteiger partial charge in [0.05, 0.1) is 40.0 Å². The molecule has 0 spiro atoms. The molecule has 0 N–H and O–H groups in total. The number of rotatable bonds is 7. The number of fused-ring (bicyclic) bond motifs is 1. The summed E-state index contributed by atoms with van der Waals surface area (Å²) in [5.41, 5.74) is -3.25. The lowest BCUT2D eigenvalue weighted by atomic mass is 10.1. The molecule has 0 aliphatic heterocycles. The van der Waals surface area contributed by atoms with E-state index in [1.165, 1.54) is 6.07 Å². The Morgan fingerprint density at radius 2 is 1.85 bits per heavy atom. The van der Waals surface area contributed by atoms with Gasteiger partial charge in [0.15, 0.2) is 0 Å². The van der Waals surface area contributed by atoms with Crippen LogP contribution in [0.5, 0.6) is 5.88 Å². The van der Waals surface area contributed by atoms with E-state index in [0.29, 0.717) is 23.3 Å². The molecule has 0 radical (unpaired) electrons. The maximum atomic E-state index is 13.0. The first-order chi connectivity index (χ1) is 15.3. The molecule has 1 unspecified atom stereocenters. The van der Waals surface area contributed by atoms with E-state index in [-0.39, 0.29) is 28.2 Å². The minimum absolute atomic E-state index is 0.0299. The number of halogens is 4. The number of alkyl halides is 3. The third-order valence-electron chi connectivity index (χ3n) is 5.02. The number of aryl methyl sites for hydroxylation is 1. The SMILES string of the molecule is COCC(C)n1cc(C)c2nc(-c3ccc(C(C)C)nc3OS(=O)(=O)C(F)(F)F)c(Cl)cc21. The van der Waals surface area contributed by atoms with Gasteiger partial charge in [-0.2, -0.15) is 21.6 Å². The smallest absolute Gasteiger partial charge is 0.383 e. The highest BCUT2D eigenvalue weighted by atomic mass is 35.5. The zero-order valence-corrected chi connectivity index (χ0v) is 20.1. The number of methoxy groups -OCH3 is 1. The molecule has 7 nitrogen and oxygen atoms in total. The van der Waals surface area contributed by atoms with Crippen LogP contribution in [-0.4, -0.2) is 42.2 Å². The highest BCUT2D eigenvalue weighted by Crippen LogP contribution is 2.38. The van der Waals surface area contributed by atoms with Gasteiger partial charge < -0.3 is 13.5 Å². The summed E-state index contributed by atoms with van der Waals surface area (Å²) in [4.78, 5) is 8.57. The third kappa shape index (κ3) is 4.95. The predicted molar refractivity (Wildman–Crippen MR) is 119 cm³/mol. The first kappa shape index (κ1) is 25.3. The molecule has 3 heterocycles. The minimum Gasteiger partial charge on any atom is -0.383 e. The molecule has 12 heteroatoms. The van der Waals surface area contributed by atoms with Crippen molar-refractivity contribution in [1.29, 1.82) is 0 Å². The first-order valence-electron chi connectivity index (χ1n) is 9.95. The summed E-state index contributed by atoms with van der Waals surface area (Å²) in [6.45, 7) is 7.74. The van der Waals surface area contributed by atoms with Crippen LogP contribution in [0.2, 0.25) is 5.02 Å². The van der Waals surface area contributed by atoms with Crippen molar-refractivity contribution in [2.45, 2.75) is 45.2 Å². The Balaban J connectivity index is 2.22. The molecule has 0 aliphatic carbocycles. The Morgan fingerprint density at radius 1 is 1.18 bits per heavy atom. The Morgan fingerprint density at radius 3 is 2.42 bits per heavy atom. The summed E-state index contributed by atoms with van der Waals surface area (Å²) in [7, 11) is -4.37. The van der Waals surface area contributed by atoms with Gasteiger partial charge in [-0.3, -0.25) is 0 Å². The van der Waals surface area contributed by atoms with Gasteiger partial charge in [0.1, 0.15) is 0 Å². The molecule has 3 rings (SSSR count). The summed E-state index contributed by atoms with van der Waals surface area (Å²) >= 11 is 6.47. The summed E-state index contributed by atoms with van der Waals surface area (Å²) < 4.78 is 74.0. The van der Waals surface area contributed by atoms with Crippen LogP contribution in [0.15, 0.2) is 24.4 Å². The van der Waals surface area contributed by atoms with Gasteiger partial charge in [0.2, 0.25) is 5.88 Å². The van der Waals surface area contributed by atoms with Gasteiger partial charge in [-0.15, -0.1) is 0 Å². The number of ether oxygens (including phenoxy) is 1. The van der Waals surface area contributed by atoms with E-state index in [4.69, 9.17) is 16.3 Å². The van der Waals surface area contributed by atoms with Crippen LogP contribution in [-0.2, 0) is 14.9 Å². The van der Waals surface area contributed by atoms with Crippen LogP contribution in [0.1, 0.15) is 44.0 Å². The predicted octanol–water partition coefficient (Wildman–Crippen LogP) is 5.62. The van der Waals surface area contributed by atoms with Crippen LogP contribution >= 0.6 is 11.6 Å². The highest BCUT2D eigenvalue weighted by molar-refractivity contribution is 7.88. The second kappa shape index (κ2) is 9.11. The molecule has 1 atom stereocenters. The number of nitrogens with zero attached hydrogens (tertiary/aromatic N) is 3. The monoisotopic (exact) mass is 505 g/mol. The molecule has 33 heavy (non-hydrogen) atoms. The summed E-state index contributed by atoms with van der Waals surface area (Å²) in [6, 6.07) is 4.56. The van der Waals surface area contributed by atoms with Crippen molar-refractivity contribution in [1.82, 2.24) is 14.5 Å². The maximum Gasteiger partial charge on any atom is 0.534 e. The molecule has 0 bridgehead atoms. The van der Waals surface area contributed by atoms with E-state index in [9.17, 15) is 21.6 Å². The summed E-state index contributed by atoms with van der Waals surface area (Å²) in [5.74, 6) is -0.934. The Hall–Kier alpha value is -2.37. The first-order valence-corrected chi connectivity index (χ1v) is 11.7. The minimum atomic E-state index is -5.95. The van der Waals surface area contributed by atoms with Crippen molar-refractivity contribution in [3.05, 3.63) is 40.7 Å². The van der Waals surface area contributed by atoms with Gasteiger partial charge in [0.25, 0.3) is 0 Å². The Kier molecular flexibility index (Phi) is 6.97. The van der Waals surface area contributed by atoms with Crippen molar-refractivity contribution in [2.24, 2.45) is 0 Å². The summed E-state index contributed by atoms with van der Waals surface area (Å²) in [6.07, 6.45) is 1.87. The molecular weight excluding hydrogens is 483 g/mol. The van der Waals surface area contributed by atoms with E-state index < -0.39 is 21.5 Å². The Labute approximate surface area is 194 Å². The molecule has 0 saturated heterocycles. The van der Waals surface area contributed by atoms with Crippen LogP contribution < -0.4 is 4.18 Å². The fourth-order valence-electron chi connectivity index (χ4n) is 3.35. The molecule has 0 aliphatic rings. The molecule has 3 aromatic rings. The maximum absolute atomic E-state index is 13.0. The van der Waals surface area contributed by atoms with Crippen LogP contribution in [0.4, 0.5) is 13.2 Å². The van der Waals surface area contributed by atoms with Gasteiger partial charge in [0, 0.05) is 19.0 Å². The Bertz CT molecular complexity index is 1290. The summed E-state index contributed by atoms with van der Waals surface area (Å²) in [5, 5.41) is 0.0971. The van der Waals surface area contributed by atoms with E-state index >= 15 is 0 Å². The van der Waals surface area contributed by atoms with E-state index in [1.54, 1.807) is 33.1 Å². The number of hydrogen-bond donors (Lipinski definition) is 0. The fraction of sp³-hybridized carbons (Fsp3) is 0.429. The lowest BCUT2D eigenvalue weighted by molar-refractivity contribution is -0.0501. The number of aromatic nitrogens is 3. The second-order valence-electron chi connectivity index (χ2n) is 7.94. The standard InChI is InChI=1S/C21H23ClF3N3O4S/c1-11(2)16-7-6-14(20(26-16)32-33(29,30)21(23,24)25)19-15(22)8-17-18(27-19)12(3)9-28(17)13(4)10-31-5/h6-9,11,13H,10H2,1-5H3. The van der Waals surface area contributed by atoms with Crippen LogP contribution in [0.25, 0.3) is 22.3 Å². The van der Waals surface area contributed by atoms with E-state index in [0.717, 1.165) is 5.56 Å². The molecular formula is C21H23ClF3N3O4S. The molecule has 0 saturated carbocycles. The van der Waals surface area contributed by atoms with E-state index in [1.807, 2.05) is 24.6 Å². The van der Waals surface area contributed by atoms with Crippen molar-refractivity contribution < 1.29 is 30.5 Å². The average Bonchev–Trinajstić information content (AvgIpc) is 3.02. The quantitative estimate of drug-likeness (QED) is 0.306. The van der Waals surface area contributed by atoms with Crippen LogP contribution in [0, 0.1) is 6.92 Å². The third-order valence-corrected chi connectivity index (χ3v) is 6.26. The second-order valence-corrected chi connectivity index (χ2v) is 9.88. The molecule has 0 fully saturated rings. The molecule has 0 aromatic carbocycles. The van der Waals surface area contributed by atoms with E-state index in [2.05, 4.69) is 14.2 Å². The average molecular weight is 506 g/mol. The van der Waals surface area contributed by atoms with Crippen molar-refractivity contribution in [3.63, 3.8) is 0 Å². The lowest BCUT2D eigenvalue weighted by Gasteiger charge is -2.16. The largest absolute Gasteiger partial charge is 0.534 e. The number of pyridine rings is 2. The van der Waals surface area contributed by atoms with Gasteiger partial charge in [-0.1, -0.05) is 25.4 Å². The van der Waals surface area contributed by atoms with Crippen LogP contribution in [0.3, 0.4) is 0 Å². The molecule has 180 valence electrons. The zero-order valence-electron chi connectivity index (χ0n) is 18.6. The molecule has 3 aromatic heterocycles. The zero-order chi connectivity index (χ0) is 24.7. The number of hydrogen-bond acceptors (Lipinski definition) is 6. The van der Waals surface area contributed by atoms with Gasteiger partial charge >= 0.3 is 15.6 Å². The van der Waals surface area contributed by atoms with Gasteiger partial charge in [-0.25, -0.2) is 9.97 Å². The topological polar surface area (TPSA) is 83.3 Å².